The quantitative estimate of drug-likeness (QED) is 0.582. The first-order chi connectivity index (χ1) is 12.2. The van der Waals surface area contributed by atoms with Gasteiger partial charge < -0.3 is 19.8 Å². The lowest BCUT2D eigenvalue weighted by atomic mass is 10.1. The van der Waals surface area contributed by atoms with Crippen LogP contribution in [0.15, 0.2) is 47.1 Å². The molecule has 1 heterocycles. The number of hydrogen-bond acceptors (Lipinski definition) is 5. The van der Waals surface area contributed by atoms with Crippen molar-refractivity contribution in [2.24, 2.45) is 0 Å². The first-order valence-electron chi connectivity index (χ1n) is 7.34. The van der Waals surface area contributed by atoms with Crippen molar-refractivity contribution in [3.8, 4) is 0 Å². The maximum Gasteiger partial charge on any atom is 0.441 e. The molecule has 140 valence electrons. The van der Waals surface area contributed by atoms with Crippen molar-refractivity contribution in [1.82, 2.24) is 5.32 Å². The molecule has 1 atom stereocenters. The summed E-state index contributed by atoms with van der Waals surface area (Å²) in [5.41, 5.74) is -3.79. The van der Waals surface area contributed by atoms with Crippen molar-refractivity contribution in [3.05, 3.63) is 53.4 Å². The van der Waals surface area contributed by atoms with Gasteiger partial charge in [0.15, 0.2) is 5.76 Å². The molecule has 2 N–H and O–H groups in total. The van der Waals surface area contributed by atoms with Crippen LogP contribution >= 0.6 is 11.6 Å². The SMILES string of the molecule is CCOC(=O)[C@@](NC(=O)c1ccco1)(Nc1ccccc1Cl)C(F)(F)F. The topological polar surface area (TPSA) is 80.6 Å². The number of alkyl halides is 3. The Morgan fingerprint density at radius 1 is 1.19 bits per heavy atom. The molecule has 10 heteroatoms. The summed E-state index contributed by atoms with van der Waals surface area (Å²) in [6, 6.07) is 7.92. The highest BCUT2D eigenvalue weighted by Gasteiger charge is 2.64. The van der Waals surface area contributed by atoms with Crippen LogP contribution in [0.3, 0.4) is 0 Å². The number of benzene rings is 1. The van der Waals surface area contributed by atoms with Crippen LogP contribution in [0, 0.1) is 0 Å². The van der Waals surface area contributed by atoms with E-state index in [2.05, 4.69) is 4.74 Å². The van der Waals surface area contributed by atoms with E-state index >= 15 is 0 Å². The van der Waals surface area contributed by atoms with E-state index in [0.717, 1.165) is 12.3 Å². The summed E-state index contributed by atoms with van der Waals surface area (Å²) in [5.74, 6) is -3.42. The van der Waals surface area contributed by atoms with Crippen LogP contribution in [0.2, 0.25) is 5.02 Å². The van der Waals surface area contributed by atoms with Gasteiger partial charge in [0.05, 0.1) is 23.6 Å². The van der Waals surface area contributed by atoms with E-state index in [9.17, 15) is 22.8 Å². The number of hydrogen-bond donors (Lipinski definition) is 2. The molecule has 0 bridgehead atoms. The monoisotopic (exact) mass is 390 g/mol. The van der Waals surface area contributed by atoms with Crippen LogP contribution < -0.4 is 10.6 Å². The third-order valence-electron chi connectivity index (χ3n) is 3.25. The van der Waals surface area contributed by atoms with Crippen LogP contribution in [0.4, 0.5) is 18.9 Å². The number of nitrogens with one attached hydrogen (secondary N) is 2. The lowest BCUT2D eigenvalue weighted by Crippen LogP contribution is -2.69. The fourth-order valence-corrected chi connectivity index (χ4v) is 2.22. The molecule has 1 amide bonds. The number of ether oxygens (including phenoxy) is 1. The van der Waals surface area contributed by atoms with E-state index in [1.54, 1.807) is 5.32 Å². The summed E-state index contributed by atoms with van der Waals surface area (Å²) in [4.78, 5) is 24.4. The average Bonchev–Trinajstić information content (AvgIpc) is 3.09. The zero-order valence-electron chi connectivity index (χ0n) is 13.4. The van der Waals surface area contributed by atoms with Gasteiger partial charge in [0.25, 0.3) is 5.91 Å². The van der Waals surface area contributed by atoms with Gasteiger partial charge >= 0.3 is 17.8 Å². The molecule has 26 heavy (non-hydrogen) atoms. The van der Waals surface area contributed by atoms with Gasteiger partial charge in [0, 0.05) is 0 Å². The molecule has 0 fully saturated rings. The minimum atomic E-state index is -5.26. The van der Waals surface area contributed by atoms with Gasteiger partial charge in [-0.05, 0) is 31.2 Å². The summed E-state index contributed by atoms with van der Waals surface area (Å²) < 4.78 is 51.1. The lowest BCUT2D eigenvalue weighted by Gasteiger charge is -2.35. The fourth-order valence-electron chi connectivity index (χ4n) is 2.03. The summed E-state index contributed by atoms with van der Waals surface area (Å²) in [5, 5.41) is 3.52. The molecule has 0 aliphatic rings. The highest BCUT2D eigenvalue weighted by molar-refractivity contribution is 6.33. The maximum absolute atomic E-state index is 13.9. The number of carbonyl (C=O) groups is 2. The summed E-state index contributed by atoms with van der Waals surface area (Å²) in [7, 11) is 0. The van der Waals surface area contributed by atoms with Crippen molar-refractivity contribution in [3.63, 3.8) is 0 Å². The predicted octanol–water partition coefficient (Wildman–Crippen LogP) is 3.60. The third-order valence-corrected chi connectivity index (χ3v) is 3.58. The molecule has 0 unspecified atom stereocenters. The fraction of sp³-hybridized carbons (Fsp3) is 0.250. The van der Waals surface area contributed by atoms with E-state index < -0.39 is 29.5 Å². The number of esters is 1. The Balaban J connectivity index is 2.51. The molecule has 0 radical (unpaired) electrons. The molecule has 6 nitrogen and oxygen atoms in total. The van der Waals surface area contributed by atoms with Crippen molar-refractivity contribution < 1.29 is 31.9 Å². The van der Waals surface area contributed by atoms with E-state index in [-0.39, 0.29) is 17.3 Å². The molecule has 0 saturated carbocycles. The van der Waals surface area contributed by atoms with Crippen LogP contribution in [-0.2, 0) is 9.53 Å². The molecule has 0 aliphatic carbocycles. The van der Waals surface area contributed by atoms with Crippen LogP contribution in [0.5, 0.6) is 0 Å². The van der Waals surface area contributed by atoms with E-state index in [0.29, 0.717) is 0 Å². The maximum atomic E-state index is 13.9. The van der Waals surface area contributed by atoms with Crippen molar-refractivity contribution in [2.75, 3.05) is 11.9 Å². The van der Waals surface area contributed by atoms with Crippen LogP contribution in [-0.4, -0.2) is 30.3 Å². The van der Waals surface area contributed by atoms with Gasteiger partial charge in [0.1, 0.15) is 0 Å². The largest absolute Gasteiger partial charge is 0.463 e. The molecular weight excluding hydrogens is 377 g/mol. The molecule has 2 aromatic rings. The molecule has 1 aromatic carbocycles. The van der Waals surface area contributed by atoms with E-state index in [1.165, 1.54) is 37.3 Å². The first-order valence-corrected chi connectivity index (χ1v) is 7.71. The number of halogens is 4. The Morgan fingerprint density at radius 2 is 1.88 bits per heavy atom. The molecule has 0 aliphatic heterocycles. The Bertz CT molecular complexity index is 780. The van der Waals surface area contributed by atoms with Crippen LogP contribution in [0.25, 0.3) is 0 Å². The van der Waals surface area contributed by atoms with Crippen molar-refractivity contribution >= 4 is 29.2 Å². The number of carbonyl (C=O) groups excluding carboxylic acids is 2. The number of furan rings is 1. The Morgan fingerprint density at radius 3 is 2.42 bits per heavy atom. The first kappa shape index (κ1) is 19.6. The van der Waals surface area contributed by atoms with E-state index in [1.807, 2.05) is 5.32 Å². The third kappa shape index (κ3) is 3.93. The molecule has 0 saturated heterocycles. The molecular formula is C16H14ClF3N2O4. The predicted molar refractivity (Wildman–Crippen MR) is 86.7 cm³/mol. The van der Waals surface area contributed by atoms with Gasteiger partial charge in [0.2, 0.25) is 0 Å². The average molecular weight is 391 g/mol. The van der Waals surface area contributed by atoms with Gasteiger partial charge in [-0.25, -0.2) is 4.79 Å². The summed E-state index contributed by atoms with van der Waals surface area (Å²) in [6.45, 7) is 1.00. The normalized spacial score (nSPS) is 13.6. The number of amides is 1. The minimum absolute atomic E-state index is 0.0855. The summed E-state index contributed by atoms with van der Waals surface area (Å²) in [6.07, 6.45) is -4.16. The second kappa shape index (κ2) is 7.69. The zero-order valence-corrected chi connectivity index (χ0v) is 14.1. The van der Waals surface area contributed by atoms with Gasteiger partial charge in [-0.3, -0.25) is 4.79 Å². The second-order valence-electron chi connectivity index (χ2n) is 5.00. The van der Waals surface area contributed by atoms with E-state index in [4.69, 9.17) is 16.0 Å². The Hall–Kier alpha value is -2.68. The molecule has 2 rings (SSSR count). The van der Waals surface area contributed by atoms with Crippen molar-refractivity contribution in [1.29, 1.82) is 0 Å². The second-order valence-corrected chi connectivity index (χ2v) is 5.41. The Labute approximate surface area is 151 Å². The summed E-state index contributed by atoms with van der Waals surface area (Å²) >= 11 is 5.89. The lowest BCUT2D eigenvalue weighted by molar-refractivity contribution is -0.204. The van der Waals surface area contributed by atoms with Gasteiger partial charge in [-0.2, -0.15) is 13.2 Å². The number of rotatable bonds is 6. The minimum Gasteiger partial charge on any atom is -0.463 e. The molecule has 1 aromatic heterocycles. The zero-order chi connectivity index (χ0) is 19.4. The van der Waals surface area contributed by atoms with Gasteiger partial charge in [-0.15, -0.1) is 0 Å². The highest BCUT2D eigenvalue weighted by atomic mass is 35.5. The van der Waals surface area contributed by atoms with Crippen LogP contribution in [0.1, 0.15) is 17.5 Å². The number of anilines is 1. The Kier molecular flexibility index (Phi) is 5.81. The van der Waals surface area contributed by atoms with Crippen molar-refractivity contribution in [2.45, 2.75) is 18.8 Å². The highest BCUT2D eigenvalue weighted by Crippen LogP contribution is 2.35. The standard InChI is InChI=1S/C16H14ClF3N2O4/c1-2-25-14(24)15(16(18,19)20,21-11-7-4-3-6-10(11)17)22-13(23)12-8-5-9-26-12/h3-9,21H,2H2,1H3,(H,22,23)/t15-/m0/s1. The number of para-hydroxylation sites is 1. The van der Waals surface area contributed by atoms with Gasteiger partial charge in [-0.1, -0.05) is 23.7 Å². The smallest absolute Gasteiger partial charge is 0.441 e. The molecule has 0 spiro atoms.